The molecule has 3 heteroatoms. The first-order chi connectivity index (χ1) is 7.61. The maximum absolute atomic E-state index is 4.28. The quantitative estimate of drug-likeness (QED) is 0.771. The Hall–Kier alpha value is -1.64. The molecule has 1 aromatic carbocycles. The average molecular weight is 215 g/mol. The monoisotopic (exact) mass is 215 g/mol. The molecule has 0 radical (unpaired) electrons. The molecule has 16 heavy (non-hydrogen) atoms. The average Bonchev–Trinajstić information content (AvgIpc) is 2.61. The van der Waals surface area contributed by atoms with Crippen LogP contribution in [0.2, 0.25) is 0 Å². The summed E-state index contributed by atoms with van der Waals surface area (Å²) in [5.74, 6) is 0.426. The summed E-state index contributed by atoms with van der Waals surface area (Å²) in [6, 6.07) is 8.30. The van der Waals surface area contributed by atoms with Gasteiger partial charge in [-0.25, -0.2) is 0 Å². The summed E-state index contributed by atoms with van der Waals surface area (Å²) in [7, 11) is 1.95. The minimum atomic E-state index is 0.426. The van der Waals surface area contributed by atoms with Crippen molar-refractivity contribution >= 4 is 0 Å². The SMILES string of the molecule is Cc1ccccc1-c1nnn(C)c1C(C)C. The van der Waals surface area contributed by atoms with E-state index < -0.39 is 0 Å². The third-order valence-corrected chi connectivity index (χ3v) is 2.82. The van der Waals surface area contributed by atoms with E-state index in [4.69, 9.17) is 0 Å². The second-order valence-corrected chi connectivity index (χ2v) is 4.42. The number of hydrogen-bond acceptors (Lipinski definition) is 2. The van der Waals surface area contributed by atoms with E-state index in [-0.39, 0.29) is 0 Å². The topological polar surface area (TPSA) is 30.7 Å². The molecule has 0 aliphatic rings. The number of nitrogens with zero attached hydrogens (tertiary/aromatic N) is 3. The van der Waals surface area contributed by atoms with E-state index in [9.17, 15) is 0 Å². The summed E-state index contributed by atoms with van der Waals surface area (Å²) in [5, 5.41) is 8.40. The molecule has 0 N–H and O–H groups in total. The summed E-state index contributed by atoms with van der Waals surface area (Å²) in [6.45, 7) is 6.44. The molecule has 0 fully saturated rings. The maximum Gasteiger partial charge on any atom is 0.116 e. The third kappa shape index (κ3) is 1.73. The Balaban J connectivity index is 2.61. The highest BCUT2D eigenvalue weighted by Gasteiger charge is 2.16. The standard InChI is InChI=1S/C13H17N3/c1-9(2)13-12(14-15-16(13)4)11-8-6-5-7-10(11)3/h5-9H,1-4H3. The third-order valence-electron chi connectivity index (χ3n) is 2.82. The maximum atomic E-state index is 4.28. The van der Waals surface area contributed by atoms with Gasteiger partial charge in [-0.15, -0.1) is 5.10 Å². The van der Waals surface area contributed by atoms with Gasteiger partial charge < -0.3 is 0 Å². The molecule has 1 aromatic heterocycles. The van der Waals surface area contributed by atoms with Gasteiger partial charge in [-0.3, -0.25) is 4.68 Å². The molecule has 2 aromatic rings. The van der Waals surface area contributed by atoms with E-state index in [1.807, 2.05) is 23.9 Å². The summed E-state index contributed by atoms with van der Waals surface area (Å²) < 4.78 is 1.87. The van der Waals surface area contributed by atoms with Crippen molar-refractivity contribution in [1.29, 1.82) is 0 Å². The van der Waals surface area contributed by atoms with Gasteiger partial charge in [-0.1, -0.05) is 43.3 Å². The lowest BCUT2D eigenvalue weighted by atomic mass is 10.00. The Labute approximate surface area is 96.1 Å². The number of aryl methyl sites for hydroxylation is 2. The zero-order valence-electron chi connectivity index (χ0n) is 10.2. The smallest absolute Gasteiger partial charge is 0.116 e. The fourth-order valence-electron chi connectivity index (χ4n) is 2.04. The lowest BCUT2D eigenvalue weighted by molar-refractivity contribution is 0.648. The molecule has 1 heterocycles. The fraction of sp³-hybridized carbons (Fsp3) is 0.385. The first-order valence-electron chi connectivity index (χ1n) is 5.57. The van der Waals surface area contributed by atoms with Crippen LogP contribution >= 0.6 is 0 Å². The normalized spacial score (nSPS) is 11.1. The summed E-state index contributed by atoms with van der Waals surface area (Å²) >= 11 is 0. The van der Waals surface area contributed by atoms with Crippen molar-refractivity contribution in [3.63, 3.8) is 0 Å². The number of benzene rings is 1. The Morgan fingerprint density at radius 3 is 2.50 bits per heavy atom. The number of hydrogen-bond donors (Lipinski definition) is 0. The van der Waals surface area contributed by atoms with Crippen LogP contribution < -0.4 is 0 Å². The second-order valence-electron chi connectivity index (χ2n) is 4.42. The molecule has 0 aliphatic carbocycles. The van der Waals surface area contributed by atoms with Crippen LogP contribution in [0.25, 0.3) is 11.3 Å². The predicted molar refractivity (Wildman–Crippen MR) is 65.3 cm³/mol. The molecule has 3 nitrogen and oxygen atoms in total. The Morgan fingerprint density at radius 1 is 1.19 bits per heavy atom. The highest BCUT2D eigenvalue weighted by molar-refractivity contribution is 5.65. The van der Waals surface area contributed by atoms with E-state index in [1.54, 1.807) is 0 Å². The van der Waals surface area contributed by atoms with Gasteiger partial charge in [0, 0.05) is 12.6 Å². The van der Waals surface area contributed by atoms with Crippen LogP contribution in [0.5, 0.6) is 0 Å². The molecule has 0 unspecified atom stereocenters. The molecular formula is C13H17N3. The molecule has 0 aliphatic heterocycles. The highest BCUT2D eigenvalue weighted by atomic mass is 15.4. The van der Waals surface area contributed by atoms with Gasteiger partial charge in [0.15, 0.2) is 0 Å². The van der Waals surface area contributed by atoms with Gasteiger partial charge in [0.2, 0.25) is 0 Å². The van der Waals surface area contributed by atoms with Crippen LogP contribution in [0.4, 0.5) is 0 Å². The largest absolute Gasteiger partial charge is 0.252 e. The summed E-state index contributed by atoms with van der Waals surface area (Å²) in [4.78, 5) is 0. The zero-order valence-corrected chi connectivity index (χ0v) is 10.2. The minimum Gasteiger partial charge on any atom is -0.252 e. The molecule has 84 valence electrons. The first kappa shape index (κ1) is 10.9. The van der Waals surface area contributed by atoms with Crippen LogP contribution in [-0.4, -0.2) is 15.0 Å². The molecular weight excluding hydrogens is 198 g/mol. The second kappa shape index (κ2) is 4.08. The van der Waals surface area contributed by atoms with E-state index in [0.717, 1.165) is 5.69 Å². The van der Waals surface area contributed by atoms with E-state index in [0.29, 0.717) is 5.92 Å². The van der Waals surface area contributed by atoms with E-state index >= 15 is 0 Å². The molecule has 0 spiro atoms. The number of rotatable bonds is 2. The molecule has 0 amide bonds. The lowest BCUT2D eigenvalue weighted by Crippen LogP contribution is -2.01. The van der Waals surface area contributed by atoms with Crippen molar-refractivity contribution in [2.24, 2.45) is 7.05 Å². The van der Waals surface area contributed by atoms with E-state index in [1.165, 1.54) is 16.8 Å². The Morgan fingerprint density at radius 2 is 1.88 bits per heavy atom. The van der Waals surface area contributed by atoms with Gasteiger partial charge in [0.05, 0.1) is 5.69 Å². The van der Waals surface area contributed by atoms with Crippen molar-refractivity contribution in [2.75, 3.05) is 0 Å². The van der Waals surface area contributed by atoms with Crippen LogP contribution in [0.3, 0.4) is 0 Å². The molecule has 2 rings (SSSR count). The fourth-order valence-corrected chi connectivity index (χ4v) is 2.04. The van der Waals surface area contributed by atoms with Crippen molar-refractivity contribution in [1.82, 2.24) is 15.0 Å². The Kier molecular flexibility index (Phi) is 2.77. The van der Waals surface area contributed by atoms with Crippen LogP contribution in [0.15, 0.2) is 24.3 Å². The molecule has 0 atom stereocenters. The highest BCUT2D eigenvalue weighted by Crippen LogP contribution is 2.28. The van der Waals surface area contributed by atoms with Crippen LogP contribution in [0, 0.1) is 6.92 Å². The van der Waals surface area contributed by atoms with Gasteiger partial charge in [-0.05, 0) is 18.4 Å². The van der Waals surface area contributed by atoms with E-state index in [2.05, 4.69) is 43.2 Å². The van der Waals surface area contributed by atoms with Gasteiger partial charge in [-0.2, -0.15) is 0 Å². The summed E-state index contributed by atoms with van der Waals surface area (Å²) in [5.41, 5.74) is 4.62. The van der Waals surface area contributed by atoms with Crippen molar-refractivity contribution < 1.29 is 0 Å². The van der Waals surface area contributed by atoms with Crippen LogP contribution in [-0.2, 0) is 7.05 Å². The molecule has 0 bridgehead atoms. The molecule has 0 saturated heterocycles. The van der Waals surface area contributed by atoms with Crippen molar-refractivity contribution in [3.8, 4) is 11.3 Å². The molecule has 0 saturated carbocycles. The Bertz CT molecular complexity index is 498. The lowest BCUT2D eigenvalue weighted by Gasteiger charge is -2.09. The van der Waals surface area contributed by atoms with Crippen molar-refractivity contribution in [2.45, 2.75) is 26.7 Å². The minimum absolute atomic E-state index is 0.426. The van der Waals surface area contributed by atoms with Crippen molar-refractivity contribution in [3.05, 3.63) is 35.5 Å². The van der Waals surface area contributed by atoms with Gasteiger partial charge in [0.25, 0.3) is 0 Å². The predicted octanol–water partition coefficient (Wildman–Crippen LogP) is 2.91. The van der Waals surface area contributed by atoms with Gasteiger partial charge >= 0.3 is 0 Å². The first-order valence-corrected chi connectivity index (χ1v) is 5.57. The van der Waals surface area contributed by atoms with Gasteiger partial charge in [0.1, 0.15) is 5.69 Å². The number of aromatic nitrogens is 3. The summed E-state index contributed by atoms with van der Waals surface area (Å²) in [6.07, 6.45) is 0. The van der Waals surface area contributed by atoms with Crippen LogP contribution in [0.1, 0.15) is 31.0 Å². The zero-order chi connectivity index (χ0) is 11.7.